The molecule has 0 bridgehead atoms. The maximum absolute atomic E-state index is 4.49. The summed E-state index contributed by atoms with van der Waals surface area (Å²) in [4.78, 5) is 4.49. The number of pyridine rings is 1. The van der Waals surface area contributed by atoms with Crippen LogP contribution in [-0.2, 0) is 6.54 Å². The van der Waals surface area contributed by atoms with E-state index in [0.717, 1.165) is 12.1 Å². The summed E-state index contributed by atoms with van der Waals surface area (Å²) in [5.74, 6) is 0. The van der Waals surface area contributed by atoms with Crippen molar-refractivity contribution < 1.29 is 0 Å². The molecule has 2 aromatic rings. The molecule has 0 fully saturated rings. The number of fused-ring (bicyclic) bond motifs is 1. The Hall–Kier alpha value is -1.41. The van der Waals surface area contributed by atoms with E-state index in [9.17, 15) is 0 Å². The van der Waals surface area contributed by atoms with Crippen LogP contribution < -0.4 is 5.32 Å². The first-order valence-electron chi connectivity index (χ1n) is 7.37. The lowest BCUT2D eigenvalue weighted by molar-refractivity contribution is 0.488. The van der Waals surface area contributed by atoms with E-state index in [1.165, 1.54) is 36.6 Å². The summed E-state index contributed by atoms with van der Waals surface area (Å²) >= 11 is 0. The Kier molecular flexibility index (Phi) is 5.34. The van der Waals surface area contributed by atoms with Gasteiger partial charge in [0.2, 0.25) is 0 Å². The molecule has 1 aromatic heterocycles. The summed E-state index contributed by atoms with van der Waals surface area (Å²) in [7, 11) is 0. The van der Waals surface area contributed by atoms with Gasteiger partial charge in [0, 0.05) is 24.2 Å². The number of nitrogens with zero attached hydrogens (tertiary/aromatic N) is 1. The zero-order valence-electron chi connectivity index (χ0n) is 12.0. The van der Waals surface area contributed by atoms with Crippen molar-refractivity contribution in [2.45, 2.75) is 52.1 Å². The van der Waals surface area contributed by atoms with Gasteiger partial charge in [-0.15, -0.1) is 0 Å². The van der Waals surface area contributed by atoms with Gasteiger partial charge in [-0.25, -0.2) is 0 Å². The van der Waals surface area contributed by atoms with Gasteiger partial charge < -0.3 is 5.32 Å². The van der Waals surface area contributed by atoms with Crippen LogP contribution in [0.5, 0.6) is 0 Å². The topological polar surface area (TPSA) is 24.9 Å². The molecule has 1 heterocycles. The highest BCUT2D eigenvalue weighted by Gasteiger charge is 2.04. The van der Waals surface area contributed by atoms with E-state index in [0.29, 0.717) is 6.04 Å². The molecule has 102 valence electrons. The molecule has 0 radical (unpaired) electrons. The van der Waals surface area contributed by atoms with Gasteiger partial charge in [0.05, 0.1) is 5.52 Å². The molecule has 2 rings (SSSR count). The zero-order chi connectivity index (χ0) is 13.5. The Bertz CT molecular complexity index is 502. The minimum Gasteiger partial charge on any atom is -0.310 e. The number of hydrogen-bond acceptors (Lipinski definition) is 2. The fourth-order valence-corrected chi connectivity index (χ4v) is 2.40. The van der Waals surface area contributed by atoms with Crippen molar-refractivity contribution >= 4 is 10.9 Å². The lowest BCUT2D eigenvalue weighted by Gasteiger charge is -2.14. The number of unbranched alkanes of at least 4 members (excludes halogenated alkanes) is 2. The molecular weight excluding hydrogens is 232 g/mol. The molecule has 1 N–H and O–H groups in total. The Morgan fingerprint density at radius 2 is 2.00 bits per heavy atom. The van der Waals surface area contributed by atoms with E-state index in [4.69, 9.17) is 0 Å². The number of benzene rings is 1. The number of aromatic nitrogens is 1. The minimum absolute atomic E-state index is 0.575. The molecule has 2 nitrogen and oxygen atoms in total. The highest BCUT2D eigenvalue weighted by Crippen LogP contribution is 2.16. The Morgan fingerprint density at radius 1 is 1.16 bits per heavy atom. The number of para-hydroxylation sites is 1. The van der Waals surface area contributed by atoms with E-state index in [1.807, 2.05) is 12.3 Å². The highest BCUT2D eigenvalue weighted by atomic mass is 14.9. The molecular formula is C17H24N2. The van der Waals surface area contributed by atoms with Crippen molar-refractivity contribution in [2.75, 3.05) is 0 Å². The van der Waals surface area contributed by atoms with Crippen LogP contribution in [0.25, 0.3) is 10.9 Å². The fraction of sp³-hybridized carbons (Fsp3) is 0.471. The number of nitrogens with one attached hydrogen (secondary N) is 1. The second-order valence-corrected chi connectivity index (χ2v) is 5.27. The van der Waals surface area contributed by atoms with Crippen LogP contribution in [-0.4, -0.2) is 11.0 Å². The van der Waals surface area contributed by atoms with Gasteiger partial charge in [0.25, 0.3) is 0 Å². The summed E-state index contributed by atoms with van der Waals surface area (Å²) in [5.41, 5.74) is 2.42. The zero-order valence-corrected chi connectivity index (χ0v) is 12.0. The van der Waals surface area contributed by atoms with Gasteiger partial charge in [0.1, 0.15) is 0 Å². The molecule has 2 heteroatoms. The third kappa shape index (κ3) is 4.03. The van der Waals surface area contributed by atoms with Crippen LogP contribution in [0.2, 0.25) is 0 Å². The SMILES string of the molecule is CCCCCC(C)NCc1cccc2cccnc12. The van der Waals surface area contributed by atoms with Crippen molar-refractivity contribution in [3.05, 3.63) is 42.1 Å². The van der Waals surface area contributed by atoms with Crippen LogP contribution >= 0.6 is 0 Å². The van der Waals surface area contributed by atoms with Crippen molar-refractivity contribution in [2.24, 2.45) is 0 Å². The molecule has 1 unspecified atom stereocenters. The molecule has 19 heavy (non-hydrogen) atoms. The maximum atomic E-state index is 4.49. The lowest BCUT2D eigenvalue weighted by atomic mass is 10.1. The first-order valence-corrected chi connectivity index (χ1v) is 7.37. The van der Waals surface area contributed by atoms with Crippen molar-refractivity contribution in [1.82, 2.24) is 10.3 Å². The van der Waals surface area contributed by atoms with Gasteiger partial charge in [0.15, 0.2) is 0 Å². The average Bonchev–Trinajstić information content (AvgIpc) is 2.45. The summed E-state index contributed by atoms with van der Waals surface area (Å²) in [5, 5.41) is 4.83. The Labute approximate surface area is 116 Å². The molecule has 1 aromatic carbocycles. The molecule has 0 aliphatic heterocycles. The van der Waals surface area contributed by atoms with E-state index in [2.05, 4.69) is 48.4 Å². The van der Waals surface area contributed by atoms with Crippen LogP contribution in [0.3, 0.4) is 0 Å². The maximum Gasteiger partial charge on any atom is 0.0746 e. The van der Waals surface area contributed by atoms with Crippen LogP contribution in [0.1, 0.15) is 45.1 Å². The number of hydrogen-bond donors (Lipinski definition) is 1. The van der Waals surface area contributed by atoms with E-state index >= 15 is 0 Å². The van der Waals surface area contributed by atoms with E-state index < -0.39 is 0 Å². The lowest BCUT2D eigenvalue weighted by Crippen LogP contribution is -2.25. The average molecular weight is 256 g/mol. The summed E-state index contributed by atoms with van der Waals surface area (Å²) in [6.07, 6.45) is 7.07. The van der Waals surface area contributed by atoms with Crippen molar-refractivity contribution in [3.63, 3.8) is 0 Å². The fourth-order valence-electron chi connectivity index (χ4n) is 2.40. The predicted molar refractivity (Wildman–Crippen MR) is 82.2 cm³/mol. The second kappa shape index (κ2) is 7.25. The second-order valence-electron chi connectivity index (χ2n) is 5.27. The standard InChI is InChI=1S/C17H24N2/c1-3-4-5-8-14(2)19-13-16-10-6-9-15-11-7-12-18-17(15)16/h6-7,9-12,14,19H,3-5,8,13H2,1-2H3. The van der Waals surface area contributed by atoms with Gasteiger partial charge in [-0.3, -0.25) is 4.98 Å². The Balaban J connectivity index is 1.94. The molecule has 0 amide bonds. The summed E-state index contributed by atoms with van der Waals surface area (Å²) in [6, 6.07) is 11.1. The predicted octanol–water partition coefficient (Wildman–Crippen LogP) is 4.29. The third-order valence-electron chi connectivity index (χ3n) is 3.60. The third-order valence-corrected chi connectivity index (χ3v) is 3.60. The summed E-state index contributed by atoms with van der Waals surface area (Å²) < 4.78 is 0. The molecule has 0 spiro atoms. The Morgan fingerprint density at radius 3 is 2.84 bits per heavy atom. The van der Waals surface area contributed by atoms with Gasteiger partial charge in [-0.2, -0.15) is 0 Å². The smallest absolute Gasteiger partial charge is 0.0746 e. The number of rotatable bonds is 7. The van der Waals surface area contributed by atoms with Crippen LogP contribution in [0.4, 0.5) is 0 Å². The van der Waals surface area contributed by atoms with Gasteiger partial charge in [-0.1, -0.05) is 50.5 Å². The van der Waals surface area contributed by atoms with Crippen molar-refractivity contribution in [1.29, 1.82) is 0 Å². The first kappa shape index (κ1) is 14.0. The van der Waals surface area contributed by atoms with Gasteiger partial charge >= 0.3 is 0 Å². The quantitative estimate of drug-likeness (QED) is 0.747. The van der Waals surface area contributed by atoms with Crippen LogP contribution in [0, 0.1) is 0 Å². The minimum atomic E-state index is 0.575. The first-order chi connectivity index (χ1) is 9.31. The largest absolute Gasteiger partial charge is 0.310 e. The molecule has 0 aliphatic carbocycles. The van der Waals surface area contributed by atoms with Crippen LogP contribution in [0.15, 0.2) is 36.5 Å². The molecule has 0 saturated heterocycles. The molecule has 0 saturated carbocycles. The highest BCUT2D eigenvalue weighted by molar-refractivity contribution is 5.81. The van der Waals surface area contributed by atoms with Gasteiger partial charge in [-0.05, 0) is 25.0 Å². The molecule has 1 atom stereocenters. The van der Waals surface area contributed by atoms with Crippen molar-refractivity contribution in [3.8, 4) is 0 Å². The van der Waals surface area contributed by atoms with E-state index in [1.54, 1.807) is 0 Å². The monoisotopic (exact) mass is 256 g/mol. The van der Waals surface area contributed by atoms with E-state index in [-0.39, 0.29) is 0 Å². The summed E-state index contributed by atoms with van der Waals surface area (Å²) in [6.45, 7) is 5.43. The normalized spacial score (nSPS) is 12.7. The molecule has 0 aliphatic rings.